The number of benzene rings is 1. The third-order valence-electron chi connectivity index (χ3n) is 8.13. The zero-order valence-electron chi connectivity index (χ0n) is 22.8. The summed E-state index contributed by atoms with van der Waals surface area (Å²) in [5.74, 6) is 0.557. The summed E-state index contributed by atoms with van der Waals surface area (Å²) in [7, 11) is 2.08. The number of nitriles is 1. The second kappa shape index (κ2) is 10.5. The molecule has 3 heterocycles. The molecule has 0 radical (unpaired) electrons. The fourth-order valence-electron chi connectivity index (χ4n) is 5.27. The smallest absolute Gasteiger partial charge is 0.246 e. The molecule has 0 saturated heterocycles. The van der Waals surface area contributed by atoms with E-state index < -0.39 is 0 Å². The van der Waals surface area contributed by atoms with E-state index in [0.29, 0.717) is 24.6 Å². The Hall–Kier alpha value is -3.76. The van der Waals surface area contributed by atoms with Crippen molar-refractivity contribution in [3.8, 4) is 28.5 Å². The van der Waals surface area contributed by atoms with E-state index in [0.717, 1.165) is 47.5 Å². The molecule has 38 heavy (non-hydrogen) atoms. The first-order chi connectivity index (χ1) is 18.3. The molecule has 0 bridgehead atoms. The lowest BCUT2D eigenvalue weighted by Gasteiger charge is -2.43. The molecule has 1 saturated carbocycles. The Balaban J connectivity index is 1.54. The number of rotatable bonds is 6. The van der Waals surface area contributed by atoms with E-state index in [2.05, 4.69) is 53.4 Å². The molecule has 7 heteroatoms. The Morgan fingerprint density at radius 2 is 1.95 bits per heavy atom. The summed E-state index contributed by atoms with van der Waals surface area (Å²) in [6, 6.07) is 13.9. The number of pyridine rings is 1. The topological polar surface area (TPSA) is 78.1 Å². The van der Waals surface area contributed by atoms with Gasteiger partial charge in [-0.3, -0.25) is 19.4 Å². The summed E-state index contributed by atoms with van der Waals surface area (Å²) in [5, 5.41) is 14.6. The van der Waals surface area contributed by atoms with Crippen molar-refractivity contribution in [3.05, 3.63) is 72.2 Å². The summed E-state index contributed by atoms with van der Waals surface area (Å²) in [6.07, 6.45) is 10.8. The number of aromatic nitrogens is 3. The van der Waals surface area contributed by atoms with Gasteiger partial charge in [-0.05, 0) is 76.4 Å². The number of nitrogens with zero attached hydrogens (tertiary/aromatic N) is 6. The van der Waals surface area contributed by atoms with E-state index in [4.69, 9.17) is 5.10 Å². The molecule has 1 aromatic carbocycles. The van der Waals surface area contributed by atoms with E-state index in [-0.39, 0.29) is 17.5 Å². The monoisotopic (exact) mass is 508 g/mol. The molecule has 196 valence electrons. The van der Waals surface area contributed by atoms with Crippen LogP contribution < -0.4 is 0 Å². The van der Waals surface area contributed by atoms with Gasteiger partial charge in [0, 0.05) is 41.7 Å². The summed E-state index contributed by atoms with van der Waals surface area (Å²) in [5.41, 5.74) is 5.42. The van der Waals surface area contributed by atoms with Crippen molar-refractivity contribution in [2.45, 2.75) is 64.7 Å². The number of likely N-dealkylation sites (N-methyl/N-ethyl adjacent to an activating group) is 1. The zero-order valence-corrected chi connectivity index (χ0v) is 22.8. The maximum absolute atomic E-state index is 13.6. The van der Waals surface area contributed by atoms with Crippen LogP contribution in [0.4, 0.5) is 0 Å². The van der Waals surface area contributed by atoms with E-state index >= 15 is 0 Å². The fourth-order valence-corrected chi connectivity index (χ4v) is 5.27. The van der Waals surface area contributed by atoms with Gasteiger partial charge < -0.3 is 4.90 Å². The van der Waals surface area contributed by atoms with Gasteiger partial charge in [0.05, 0.1) is 36.5 Å². The maximum atomic E-state index is 13.6. The van der Waals surface area contributed by atoms with Gasteiger partial charge >= 0.3 is 0 Å². The first-order valence-electron chi connectivity index (χ1n) is 13.4. The number of hydrogen-bond donors (Lipinski definition) is 0. The van der Waals surface area contributed by atoms with E-state index in [1.165, 1.54) is 6.42 Å². The van der Waals surface area contributed by atoms with Crippen molar-refractivity contribution in [1.29, 1.82) is 5.26 Å². The molecule has 1 aliphatic heterocycles. The predicted octanol–water partition coefficient (Wildman–Crippen LogP) is 5.28. The number of hydrogen-bond acceptors (Lipinski definition) is 5. The summed E-state index contributed by atoms with van der Waals surface area (Å²) < 4.78 is 2.11. The SMILES string of the molecule is CN(C/C=C/C(=O)N1Cc2c(-c3ccncc3)c(-c3cccc(C#N)c3)nn2C[C@H]1C1CCC1)C(C)(C)C. The molecule has 0 spiro atoms. The Morgan fingerprint density at radius 1 is 1.18 bits per heavy atom. The quantitative estimate of drug-likeness (QED) is 0.423. The molecule has 7 nitrogen and oxygen atoms in total. The van der Waals surface area contributed by atoms with Crippen molar-refractivity contribution in [2.24, 2.45) is 5.92 Å². The highest BCUT2D eigenvalue weighted by atomic mass is 16.2. The Labute approximate surface area is 225 Å². The van der Waals surface area contributed by atoms with Gasteiger partial charge in [-0.25, -0.2) is 0 Å². The van der Waals surface area contributed by atoms with Crippen LogP contribution in [0.2, 0.25) is 0 Å². The molecule has 1 fully saturated rings. The third kappa shape index (κ3) is 5.14. The largest absolute Gasteiger partial charge is 0.328 e. The minimum Gasteiger partial charge on any atom is -0.328 e. The second-order valence-electron chi connectivity index (χ2n) is 11.5. The Bertz CT molecular complexity index is 1370. The summed E-state index contributed by atoms with van der Waals surface area (Å²) in [4.78, 5) is 22.2. The first kappa shape index (κ1) is 25.9. The lowest BCUT2D eigenvalue weighted by atomic mass is 9.78. The number of amides is 1. The highest BCUT2D eigenvalue weighted by molar-refractivity contribution is 5.89. The van der Waals surface area contributed by atoms with Crippen LogP contribution in [-0.4, -0.2) is 55.6 Å². The Kier molecular flexibility index (Phi) is 7.18. The van der Waals surface area contributed by atoms with Gasteiger partial charge in [-0.15, -0.1) is 0 Å². The molecular formula is C31H36N6O. The van der Waals surface area contributed by atoms with Crippen molar-refractivity contribution in [1.82, 2.24) is 24.6 Å². The predicted molar refractivity (Wildman–Crippen MR) is 149 cm³/mol. The van der Waals surface area contributed by atoms with Gasteiger partial charge in [0.25, 0.3) is 0 Å². The summed E-state index contributed by atoms with van der Waals surface area (Å²) >= 11 is 0. The van der Waals surface area contributed by atoms with Crippen molar-refractivity contribution >= 4 is 5.91 Å². The normalized spacial score (nSPS) is 17.9. The van der Waals surface area contributed by atoms with E-state index in [9.17, 15) is 10.1 Å². The molecule has 1 amide bonds. The fraction of sp³-hybridized carbons (Fsp3) is 0.419. The molecule has 5 rings (SSSR count). The molecule has 2 aliphatic rings. The van der Waals surface area contributed by atoms with E-state index in [1.54, 1.807) is 18.5 Å². The average Bonchev–Trinajstić information content (AvgIpc) is 3.25. The molecule has 1 aliphatic carbocycles. The highest BCUT2D eigenvalue weighted by Gasteiger charge is 2.39. The van der Waals surface area contributed by atoms with E-state index in [1.807, 2.05) is 42.5 Å². The van der Waals surface area contributed by atoms with Gasteiger partial charge in [0.2, 0.25) is 5.91 Å². The number of fused-ring (bicyclic) bond motifs is 1. The highest BCUT2D eigenvalue weighted by Crippen LogP contribution is 2.41. The van der Waals surface area contributed by atoms with Crippen LogP contribution in [0, 0.1) is 17.2 Å². The van der Waals surface area contributed by atoms with Gasteiger partial charge in [-0.2, -0.15) is 10.4 Å². The lowest BCUT2D eigenvalue weighted by molar-refractivity contribution is -0.132. The molecule has 0 unspecified atom stereocenters. The standard InChI is InChI=1S/C31H36N6O/c1-31(2,3)35(4)17-7-12-28(38)36-20-27-29(24-13-15-33-16-14-24)30(25-11-5-8-22(18-25)19-32)34-37(27)21-26(36)23-9-6-10-23/h5,7-8,11-16,18,23,26H,6,9-10,17,20-21H2,1-4H3/b12-7+/t26-/m0/s1. The molecule has 0 N–H and O–H groups in total. The number of carbonyl (C=O) groups excluding carboxylic acids is 1. The van der Waals surface area contributed by atoms with Gasteiger partial charge in [0.15, 0.2) is 0 Å². The summed E-state index contributed by atoms with van der Waals surface area (Å²) in [6.45, 7) is 8.42. The van der Waals surface area contributed by atoms with Crippen molar-refractivity contribution in [2.75, 3.05) is 13.6 Å². The second-order valence-corrected chi connectivity index (χ2v) is 11.5. The maximum Gasteiger partial charge on any atom is 0.246 e. The third-order valence-corrected chi connectivity index (χ3v) is 8.13. The minimum atomic E-state index is 0.0399. The van der Waals surface area contributed by atoms with Crippen LogP contribution in [-0.2, 0) is 17.9 Å². The average molecular weight is 509 g/mol. The molecular weight excluding hydrogens is 472 g/mol. The van der Waals surface area contributed by atoms with Crippen molar-refractivity contribution in [3.63, 3.8) is 0 Å². The molecule has 1 atom stereocenters. The van der Waals surface area contributed by atoms with Crippen LogP contribution in [0.3, 0.4) is 0 Å². The van der Waals surface area contributed by atoms with Crippen LogP contribution in [0.25, 0.3) is 22.4 Å². The molecule has 2 aromatic heterocycles. The minimum absolute atomic E-state index is 0.0399. The number of carbonyl (C=O) groups is 1. The lowest BCUT2D eigenvalue weighted by Crippen LogP contribution is -2.51. The van der Waals surface area contributed by atoms with Crippen LogP contribution in [0.5, 0.6) is 0 Å². The Morgan fingerprint density at radius 3 is 2.61 bits per heavy atom. The van der Waals surface area contributed by atoms with Crippen LogP contribution in [0.1, 0.15) is 51.3 Å². The zero-order chi connectivity index (χ0) is 26.9. The van der Waals surface area contributed by atoms with Crippen LogP contribution >= 0.6 is 0 Å². The van der Waals surface area contributed by atoms with Crippen molar-refractivity contribution < 1.29 is 4.79 Å². The first-order valence-corrected chi connectivity index (χ1v) is 13.4. The van der Waals surface area contributed by atoms with Gasteiger partial charge in [-0.1, -0.05) is 24.6 Å². The van der Waals surface area contributed by atoms with Gasteiger partial charge in [0.1, 0.15) is 5.69 Å². The molecule has 3 aromatic rings. The van der Waals surface area contributed by atoms with Crippen LogP contribution in [0.15, 0.2) is 60.9 Å².